The van der Waals surface area contributed by atoms with Crippen LogP contribution in [0.3, 0.4) is 0 Å². The molecule has 102 valence electrons. The number of carbonyl (C=O) groups is 2. The van der Waals surface area contributed by atoms with Crippen molar-refractivity contribution in [1.29, 1.82) is 0 Å². The zero-order chi connectivity index (χ0) is 13.9. The molecule has 0 aliphatic carbocycles. The van der Waals surface area contributed by atoms with E-state index in [4.69, 9.17) is 4.74 Å². The van der Waals surface area contributed by atoms with Gasteiger partial charge in [-0.3, -0.25) is 9.89 Å². The largest absolute Gasteiger partial charge is 0.464 e. The predicted molar refractivity (Wildman–Crippen MR) is 70.9 cm³/mol. The summed E-state index contributed by atoms with van der Waals surface area (Å²) in [6.45, 7) is 0.349. The molecular formula is C14H13N3O3. The van der Waals surface area contributed by atoms with Gasteiger partial charge >= 0.3 is 5.97 Å². The molecule has 1 fully saturated rings. The van der Waals surface area contributed by atoms with Crippen molar-refractivity contribution in [3.8, 4) is 11.3 Å². The van der Waals surface area contributed by atoms with E-state index in [9.17, 15) is 9.59 Å². The van der Waals surface area contributed by atoms with Gasteiger partial charge in [0.15, 0.2) is 0 Å². The number of nitrogens with one attached hydrogen (secondary N) is 2. The Morgan fingerprint density at radius 1 is 1.35 bits per heavy atom. The minimum atomic E-state index is -0.564. The van der Waals surface area contributed by atoms with Gasteiger partial charge in [0.2, 0.25) is 0 Å². The van der Waals surface area contributed by atoms with Gasteiger partial charge in [-0.05, 0) is 6.07 Å². The average molecular weight is 271 g/mol. The smallest absolute Gasteiger partial charge is 0.328 e. The number of rotatable bonds is 3. The average Bonchev–Trinajstić information content (AvgIpc) is 3.10. The van der Waals surface area contributed by atoms with Gasteiger partial charge in [0.05, 0.1) is 12.3 Å². The fraction of sp³-hybridized carbons (Fsp3) is 0.214. The van der Waals surface area contributed by atoms with Gasteiger partial charge in [0.25, 0.3) is 5.91 Å². The van der Waals surface area contributed by atoms with Crippen LogP contribution in [0.4, 0.5) is 0 Å². The summed E-state index contributed by atoms with van der Waals surface area (Å²) in [5, 5.41) is 9.40. The maximum Gasteiger partial charge on any atom is 0.328 e. The van der Waals surface area contributed by atoms with Crippen molar-refractivity contribution in [2.45, 2.75) is 12.5 Å². The standard InChI is InChI=1S/C14H13N3O3/c18-13(15-10-6-7-20-14(10)19)12-8-11(16-17-12)9-4-2-1-3-5-9/h1-5,8,10H,6-7H2,(H,15,18)(H,16,17). The SMILES string of the molecule is O=C(NC1CCOC1=O)c1cc(-c2ccccc2)n[nH]1. The molecule has 1 aliphatic heterocycles. The van der Waals surface area contributed by atoms with E-state index >= 15 is 0 Å². The van der Waals surface area contributed by atoms with E-state index in [0.29, 0.717) is 24.4 Å². The van der Waals surface area contributed by atoms with Crippen molar-refractivity contribution in [2.24, 2.45) is 0 Å². The Morgan fingerprint density at radius 2 is 2.15 bits per heavy atom. The van der Waals surface area contributed by atoms with Crippen LogP contribution in [0.5, 0.6) is 0 Å². The van der Waals surface area contributed by atoms with E-state index in [2.05, 4.69) is 15.5 Å². The van der Waals surface area contributed by atoms with Gasteiger partial charge < -0.3 is 10.1 Å². The number of aromatic nitrogens is 2. The van der Waals surface area contributed by atoms with E-state index in [1.807, 2.05) is 30.3 Å². The van der Waals surface area contributed by atoms with Crippen molar-refractivity contribution in [1.82, 2.24) is 15.5 Å². The Labute approximate surface area is 115 Å². The van der Waals surface area contributed by atoms with Crippen LogP contribution < -0.4 is 5.32 Å². The monoisotopic (exact) mass is 271 g/mol. The third-order valence-electron chi connectivity index (χ3n) is 3.13. The normalized spacial score (nSPS) is 17.8. The van der Waals surface area contributed by atoms with Crippen LogP contribution in [0.2, 0.25) is 0 Å². The van der Waals surface area contributed by atoms with Gasteiger partial charge in [-0.25, -0.2) is 4.79 Å². The molecule has 6 nitrogen and oxygen atoms in total. The Morgan fingerprint density at radius 3 is 2.85 bits per heavy atom. The lowest BCUT2D eigenvalue weighted by Crippen LogP contribution is -2.38. The van der Waals surface area contributed by atoms with E-state index < -0.39 is 6.04 Å². The molecule has 1 aromatic heterocycles. The summed E-state index contributed by atoms with van der Waals surface area (Å²) in [4.78, 5) is 23.3. The number of nitrogens with zero attached hydrogens (tertiary/aromatic N) is 1. The lowest BCUT2D eigenvalue weighted by molar-refractivity contribution is -0.139. The molecule has 0 saturated carbocycles. The maximum absolute atomic E-state index is 12.0. The summed E-state index contributed by atoms with van der Waals surface area (Å²) in [6, 6.07) is 10.6. The molecule has 2 N–H and O–H groups in total. The molecule has 1 amide bonds. The van der Waals surface area contributed by atoms with Crippen LogP contribution in [0, 0.1) is 0 Å². The van der Waals surface area contributed by atoms with E-state index in [1.165, 1.54) is 0 Å². The lowest BCUT2D eigenvalue weighted by atomic mass is 10.1. The molecule has 1 saturated heterocycles. The number of aromatic amines is 1. The number of benzene rings is 1. The highest BCUT2D eigenvalue weighted by Crippen LogP contribution is 2.17. The second-order valence-electron chi connectivity index (χ2n) is 4.52. The van der Waals surface area contributed by atoms with Crippen LogP contribution in [-0.4, -0.2) is 34.7 Å². The Kier molecular flexibility index (Phi) is 3.20. The Bertz CT molecular complexity index is 636. The maximum atomic E-state index is 12.0. The second-order valence-corrected chi connectivity index (χ2v) is 4.52. The highest BCUT2D eigenvalue weighted by atomic mass is 16.5. The summed E-state index contributed by atoms with van der Waals surface area (Å²) in [5.74, 6) is -0.746. The first-order chi connectivity index (χ1) is 9.74. The van der Waals surface area contributed by atoms with Gasteiger partial charge in [0.1, 0.15) is 11.7 Å². The second kappa shape index (κ2) is 5.16. The molecule has 1 unspecified atom stereocenters. The number of ether oxygens (including phenoxy) is 1. The van der Waals surface area contributed by atoms with Crippen molar-refractivity contribution < 1.29 is 14.3 Å². The van der Waals surface area contributed by atoms with Crippen LogP contribution in [0.15, 0.2) is 36.4 Å². The molecule has 0 radical (unpaired) electrons. The molecule has 0 bridgehead atoms. The zero-order valence-electron chi connectivity index (χ0n) is 10.6. The number of carbonyl (C=O) groups excluding carboxylic acids is 2. The minimum absolute atomic E-state index is 0.323. The van der Waals surface area contributed by atoms with Crippen molar-refractivity contribution >= 4 is 11.9 Å². The number of cyclic esters (lactones) is 1. The highest BCUT2D eigenvalue weighted by molar-refractivity contribution is 5.96. The summed E-state index contributed by atoms with van der Waals surface area (Å²) in [7, 11) is 0. The quantitative estimate of drug-likeness (QED) is 0.819. The molecule has 2 heterocycles. The number of hydrogen-bond donors (Lipinski definition) is 2. The van der Waals surface area contributed by atoms with Crippen LogP contribution >= 0.6 is 0 Å². The number of amides is 1. The fourth-order valence-electron chi connectivity index (χ4n) is 2.06. The van der Waals surface area contributed by atoms with Gasteiger partial charge in [-0.2, -0.15) is 5.10 Å². The van der Waals surface area contributed by atoms with Crippen LogP contribution in [0.1, 0.15) is 16.9 Å². The third kappa shape index (κ3) is 2.40. The lowest BCUT2D eigenvalue weighted by Gasteiger charge is -2.06. The number of hydrogen-bond acceptors (Lipinski definition) is 4. The molecule has 6 heteroatoms. The predicted octanol–water partition coefficient (Wildman–Crippen LogP) is 1.12. The van der Waals surface area contributed by atoms with Gasteiger partial charge in [-0.1, -0.05) is 30.3 Å². The molecule has 20 heavy (non-hydrogen) atoms. The Hall–Kier alpha value is -2.63. The molecule has 1 atom stereocenters. The topological polar surface area (TPSA) is 84.1 Å². The summed E-state index contributed by atoms with van der Waals surface area (Å²) in [5.41, 5.74) is 1.93. The first kappa shape index (κ1) is 12.4. The molecular weight excluding hydrogens is 258 g/mol. The summed E-state index contributed by atoms with van der Waals surface area (Å²) in [6.07, 6.45) is 0.504. The minimum Gasteiger partial charge on any atom is -0.464 e. The summed E-state index contributed by atoms with van der Waals surface area (Å²) >= 11 is 0. The van der Waals surface area contributed by atoms with E-state index in [0.717, 1.165) is 5.56 Å². The fourth-order valence-corrected chi connectivity index (χ4v) is 2.06. The van der Waals surface area contributed by atoms with Crippen LogP contribution in [0.25, 0.3) is 11.3 Å². The van der Waals surface area contributed by atoms with E-state index in [-0.39, 0.29) is 11.9 Å². The van der Waals surface area contributed by atoms with Gasteiger partial charge in [0, 0.05) is 12.0 Å². The van der Waals surface area contributed by atoms with Crippen molar-refractivity contribution in [3.63, 3.8) is 0 Å². The molecule has 0 spiro atoms. The number of esters is 1. The van der Waals surface area contributed by atoms with Crippen LogP contribution in [-0.2, 0) is 9.53 Å². The molecule has 2 aromatic rings. The molecule has 1 aliphatic rings. The van der Waals surface area contributed by atoms with Crippen molar-refractivity contribution in [2.75, 3.05) is 6.61 Å². The molecule has 1 aromatic carbocycles. The third-order valence-corrected chi connectivity index (χ3v) is 3.13. The first-order valence-corrected chi connectivity index (χ1v) is 6.32. The first-order valence-electron chi connectivity index (χ1n) is 6.32. The Balaban J connectivity index is 1.73. The van der Waals surface area contributed by atoms with E-state index in [1.54, 1.807) is 6.07 Å². The van der Waals surface area contributed by atoms with Crippen molar-refractivity contribution in [3.05, 3.63) is 42.1 Å². The number of H-pyrrole nitrogens is 1. The molecule has 3 rings (SSSR count). The highest BCUT2D eigenvalue weighted by Gasteiger charge is 2.28. The zero-order valence-corrected chi connectivity index (χ0v) is 10.6. The summed E-state index contributed by atoms with van der Waals surface area (Å²) < 4.78 is 4.80. The van der Waals surface area contributed by atoms with Gasteiger partial charge in [-0.15, -0.1) is 0 Å².